The molecule has 1 unspecified atom stereocenters. The third kappa shape index (κ3) is 4.24. The lowest BCUT2D eigenvalue weighted by Gasteiger charge is -2.25. The number of hydrogen-bond acceptors (Lipinski definition) is 6. The number of nitrogens with zero attached hydrogens (tertiary/aromatic N) is 1. The molecule has 1 amide bonds. The van der Waals surface area contributed by atoms with Gasteiger partial charge in [-0.3, -0.25) is 4.79 Å². The van der Waals surface area contributed by atoms with E-state index in [1.165, 1.54) is 0 Å². The van der Waals surface area contributed by atoms with Crippen LogP contribution in [-0.4, -0.2) is 51.0 Å². The molecule has 144 valence electrons. The lowest BCUT2D eigenvalue weighted by molar-refractivity contribution is -0.128. The highest BCUT2D eigenvalue weighted by Crippen LogP contribution is 2.45. The number of carbonyl (C=O) groups is 1. The van der Waals surface area contributed by atoms with Gasteiger partial charge in [0.05, 0.1) is 33.6 Å². The second-order valence-electron chi connectivity index (χ2n) is 5.87. The molecule has 0 saturated carbocycles. The smallest absolute Gasteiger partial charge is 0.233 e. The average molecular weight is 389 g/mol. The number of amides is 1. The van der Waals surface area contributed by atoms with Crippen LogP contribution in [0.1, 0.15) is 10.9 Å². The molecule has 2 aromatic carbocycles. The lowest BCUT2D eigenvalue weighted by atomic mass is 10.1. The predicted octanol–water partition coefficient (Wildman–Crippen LogP) is 3.37. The number of para-hydroxylation sites is 1. The van der Waals surface area contributed by atoms with Gasteiger partial charge in [-0.25, -0.2) is 0 Å². The van der Waals surface area contributed by atoms with Crippen LogP contribution in [0.3, 0.4) is 0 Å². The number of thioether (sulfide) groups is 1. The summed E-state index contributed by atoms with van der Waals surface area (Å²) in [6, 6.07) is 13.4. The third-order valence-corrected chi connectivity index (χ3v) is 5.54. The topological polar surface area (TPSA) is 57.2 Å². The van der Waals surface area contributed by atoms with Crippen LogP contribution in [0.5, 0.6) is 23.0 Å². The van der Waals surface area contributed by atoms with E-state index in [2.05, 4.69) is 0 Å². The van der Waals surface area contributed by atoms with Crippen molar-refractivity contribution in [2.24, 2.45) is 0 Å². The number of methoxy groups -OCH3 is 3. The molecule has 3 rings (SSSR count). The minimum atomic E-state index is -0.120. The van der Waals surface area contributed by atoms with Crippen molar-refractivity contribution >= 4 is 17.7 Å². The number of benzene rings is 2. The van der Waals surface area contributed by atoms with E-state index in [4.69, 9.17) is 18.9 Å². The van der Waals surface area contributed by atoms with Crippen LogP contribution in [0.25, 0.3) is 0 Å². The van der Waals surface area contributed by atoms with E-state index in [9.17, 15) is 4.79 Å². The van der Waals surface area contributed by atoms with E-state index in [0.29, 0.717) is 36.2 Å². The minimum Gasteiger partial charge on any atom is -0.493 e. The molecule has 1 atom stereocenters. The van der Waals surface area contributed by atoms with Gasteiger partial charge in [0.2, 0.25) is 11.7 Å². The minimum absolute atomic E-state index is 0.0930. The largest absolute Gasteiger partial charge is 0.493 e. The van der Waals surface area contributed by atoms with Crippen molar-refractivity contribution in [3.63, 3.8) is 0 Å². The molecular formula is C20H23NO5S. The van der Waals surface area contributed by atoms with Gasteiger partial charge >= 0.3 is 0 Å². The molecule has 1 aliphatic rings. The maximum absolute atomic E-state index is 12.4. The molecule has 27 heavy (non-hydrogen) atoms. The molecule has 2 aromatic rings. The molecule has 1 heterocycles. The Morgan fingerprint density at radius 1 is 1.04 bits per heavy atom. The number of ether oxygens (including phenoxy) is 4. The Bertz CT molecular complexity index is 758. The molecule has 0 aliphatic carbocycles. The summed E-state index contributed by atoms with van der Waals surface area (Å²) in [5, 5.41) is -0.120. The number of hydrogen-bond donors (Lipinski definition) is 0. The first kappa shape index (κ1) is 19.2. The van der Waals surface area contributed by atoms with Gasteiger partial charge in [-0.15, -0.1) is 11.8 Å². The summed E-state index contributed by atoms with van der Waals surface area (Å²) in [6.07, 6.45) is 0. The highest BCUT2D eigenvalue weighted by atomic mass is 32.2. The second-order valence-corrected chi connectivity index (χ2v) is 6.94. The van der Waals surface area contributed by atoms with Crippen molar-refractivity contribution < 1.29 is 23.7 Å². The van der Waals surface area contributed by atoms with Gasteiger partial charge < -0.3 is 23.8 Å². The SMILES string of the molecule is COc1cc(C2SCC(=O)N2CCOc2ccccc2)cc(OC)c1OC. The van der Waals surface area contributed by atoms with Crippen molar-refractivity contribution in [1.82, 2.24) is 4.90 Å². The molecule has 1 saturated heterocycles. The molecule has 0 radical (unpaired) electrons. The molecule has 0 bridgehead atoms. The Hall–Kier alpha value is -2.54. The van der Waals surface area contributed by atoms with Gasteiger partial charge in [0.25, 0.3) is 0 Å². The first-order chi connectivity index (χ1) is 13.2. The fraction of sp³-hybridized carbons (Fsp3) is 0.350. The molecular weight excluding hydrogens is 366 g/mol. The van der Waals surface area contributed by atoms with Crippen molar-refractivity contribution in [2.75, 3.05) is 40.2 Å². The van der Waals surface area contributed by atoms with Crippen molar-refractivity contribution in [3.05, 3.63) is 48.0 Å². The molecule has 0 aromatic heterocycles. The molecule has 1 aliphatic heterocycles. The highest BCUT2D eigenvalue weighted by Gasteiger charge is 2.34. The molecule has 7 heteroatoms. The van der Waals surface area contributed by atoms with Crippen molar-refractivity contribution in [3.8, 4) is 23.0 Å². The monoisotopic (exact) mass is 389 g/mol. The van der Waals surface area contributed by atoms with Crippen LogP contribution in [0, 0.1) is 0 Å². The normalized spacial score (nSPS) is 16.3. The van der Waals surface area contributed by atoms with Gasteiger partial charge in [0.1, 0.15) is 17.7 Å². The molecule has 0 N–H and O–H groups in total. The molecule has 1 fully saturated rings. The summed E-state index contributed by atoms with van der Waals surface area (Å²) in [5.74, 6) is 3.01. The van der Waals surface area contributed by atoms with Crippen LogP contribution in [0.15, 0.2) is 42.5 Å². The zero-order valence-corrected chi connectivity index (χ0v) is 16.5. The van der Waals surface area contributed by atoms with Gasteiger partial charge in [-0.1, -0.05) is 18.2 Å². The summed E-state index contributed by atoms with van der Waals surface area (Å²) in [6.45, 7) is 0.930. The Kier molecular flexibility index (Phi) is 6.34. The Morgan fingerprint density at radius 3 is 2.30 bits per heavy atom. The number of rotatable bonds is 8. The number of carbonyl (C=O) groups excluding carboxylic acids is 1. The van der Waals surface area contributed by atoms with Crippen molar-refractivity contribution in [2.45, 2.75) is 5.37 Å². The van der Waals surface area contributed by atoms with E-state index in [1.807, 2.05) is 47.4 Å². The van der Waals surface area contributed by atoms with Gasteiger partial charge in [-0.05, 0) is 29.8 Å². The zero-order valence-electron chi connectivity index (χ0n) is 15.6. The summed E-state index contributed by atoms with van der Waals surface area (Å²) in [4.78, 5) is 14.2. The summed E-state index contributed by atoms with van der Waals surface area (Å²) in [5.41, 5.74) is 0.931. The van der Waals surface area contributed by atoms with E-state index in [1.54, 1.807) is 33.1 Å². The summed E-state index contributed by atoms with van der Waals surface area (Å²) < 4.78 is 22.0. The Balaban J connectivity index is 1.77. The van der Waals surface area contributed by atoms with E-state index in [-0.39, 0.29) is 11.3 Å². The maximum atomic E-state index is 12.4. The molecule has 6 nitrogen and oxygen atoms in total. The predicted molar refractivity (Wildman–Crippen MR) is 105 cm³/mol. The zero-order chi connectivity index (χ0) is 19.2. The Labute approximate surface area is 163 Å². The fourth-order valence-corrected chi connectivity index (χ4v) is 4.19. The second kappa shape index (κ2) is 8.90. The third-order valence-electron chi connectivity index (χ3n) is 4.28. The van der Waals surface area contributed by atoms with Gasteiger partial charge in [0, 0.05) is 0 Å². The first-order valence-electron chi connectivity index (χ1n) is 8.56. The van der Waals surface area contributed by atoms with Crippen LogP contribution in [0.2, 0.25) is 0 Å². The quantitative estimate of drug-likeness (QED) is 0.690. The lowest BCUT2D eigenvalue weighted by Crippen LogP contribution is -2.32. The van der Waals surface area contributed by atoms with E-state index < -0.39 is 0 Å². The van der Waals surface area contributed by atoms with E-state index in [0.717, 1.165) is 11.3 Å². The van der Waals surface area contributed by atoms with Crippen LogP contribution < -0.4 is 18.9 Å². The van der Waals surface area contributed by atoms with Crippen LogP contribution in [-0.2, 0) is 4.79 Å². The maximum Gasteiger partial charge on any atom is 0.233 e. The van der Waals surface area contributed by atoms with Gasteiger partial charge in [0.15, 0.2) is 11.5 Å². The fourth-order valence-electron chi connectivity index (χ4n) is 2.99. The standard InChI is InChI=1S/C20H23NO5S/c1-23-16-11-14(12-17(24-2)19(16)25-3)20-21(18(22)13-27-20)9-10-26-15-7-5-4-6-8-15/h4-8,11-12,20H,9-10,13H2,1-3H3. The molecule has 0 spiro atoms. The average Bonchev–Trinajstić information content (AvgIpc) is 3.08. The van der Waals surface area contributed by atoms with Crippen LogP contribution >= 0.6 is 11.8 Å². The van der Waals surface area contributed by atoms with Crippen molar-refractivity contribution in [1.29, 1.82) is 0 Å². The Morgan fingerprint density at radius 2 is 1.70 bits per heavy atom. The summed E-state index contributed by atoms with van der Waals surface area (Å²) in [7, 11) is 4.74. The highest BCUT2D eigenvalue weighted by molar-refractivity contribution is 8.00. The van der Waals surface area contributed by atoms with E-state index >= 15 is 0 Å². The summed E-state index contributed by atoms with van der Waals surface area (Å²) >= 11 is 1.58. The van der Waals surface area contributed by atoms with Crippen LogP contribution in [0.4, 0.5) is 0 Å². The van der Waals surface area contributed by atoms with Gasteiger partial charge in [-0.2, -0.15) is 0 Å². The first-order valence-corrected chi connectivity index (χ1v) is 9.61.